The number of aromatic nitrogens is 4. The van der Waals surface area contributed by atoms with Crippen molar-refractivity contribution in [2.75, 3.05) is 0 Å². The van der Waals surface area contributed by atoms with Gasteiger partial charge in [0, 0.05) is 6.20 Å². The van der Waals surface area contributed by atoms with Gasteiger partial charge in [-0.3, -0.25) is 4.57 Å². The molecule has 0 saturated heterocycles. The van der Waals surface area contributed by atoms with Crippen LogP contribution in [0.1, 0.15) is 11.1 Å². The van der Waals surface area contributed by atoms with Crippen molar-refractivity contribution in [1.82, 2.24) is 20.1 Å². The number of rotatable bonds is 2. The molecule has 1 aliphatic heterocycles. The van der Waals surface area contributed by atoms with Crippen molar-refractivity contribution in [3.63, 3.8) is 0 Å². The maximum atomic E-state index is 14.3. The Bertz CT molecular complexity index is 1200. The summed E-state index contributed by atoms with van der Waals surface area (Å²) in [4.78, 5) is 5.38. The van der Waals surface area contributed by atoms with Crippen LogP contribution in [0.2, 0.25) is 0 Å². The second-order valence-corrected chi connectivity index (χ2v) is 8.72. The zero-order chi connectivity index (χ0) is 18.6. The zero-order valence-corrected chi connectivity index (χ0v) is 15.6. The van der Waals surface area contributed by atoms with Crippen molar-refractivity contribution in [2.45, 2.75) is 13.8 Å². The SMILES string of the molecule is Cc1ccc2c(c1)P(=O)(On1nnc3cccnc31)c1cc(C)ccc1O2. The van der Waals surface area contributed by atoms with Gasteiger partial charge in [-0.05, 0) is 66.6 Å². The molecule has 134 valence electrons. The maximum absolute atomic E-state index is 14.3. The van der Waals surface area contributed by atoms with Crippen LogP contribution in [0.25, 0.3) is 11.2 Å². The lowest BCUT2D eigenvalue weighted by molar-refractivity contribution is 0.246. The summed E-state index contributed by atoms with van der Waals surface area (Å²) in [5.41, 5.74) is 2.88. The lowest BCUT2D eigenvalue weighted by atomic mass is 10.2. The molecule has 8 heteroatoms. The third-order valence-electron chi connectivity index (χ3n) is 4.46. The predicted molar refractivity (Wildman–Crippen MR) is 101 cm³/mol. The molecule has 0 aliphatic carbocycles. The van der Waals surface area contributed by atoms with Crippen LogP contribution in [-0.2, 0) is 4.57 Å². The fourth-order valence-corrected chi connectivity index (χ4v) is 5.46. The van der Waals surface area contributed by atoms with Crippen molar-refractivity contribution in [3.8, 4) is 11.5 Å². The average molecular weight is 378 g/mol. The summed E-state index contributed by atoms with van der Waals surface area (Å²) in [7, 11) is -3.54. The molecule has 0 atom stereocenters. The Kier molecular flexibility index (Phi) is 3.36. The molecule has 2 aromatic heterocycles. The van der Waals surface area contributed by atoms with Crippen molar-refractivity contribution < 1.29 is 13.9 Å². The normalized spacial score (nSPS) is 14.3. The quantitative estimate of drug-likeness (QED) is 0.499. The van der Waals surface area contributed by atoms with Gasteiger partial charge in [0.05, 0.1) is 10.6 Å². The van der Waals surface area contributed by atoms with Crippen LogP contribution in [0.5, 0.6) is 11.5 Å². The zero-order valence-electron chi connectivity index (χ0n) is 14.7. The highest BCUT2D eigenvalue weighted by Gasteiger charge is 2.41. The van der Waals surface area contributed by atoms with Crippen molar-refractivity contribution >= 4 is 29.1 Å². The number of aryl methyl sites for hydroxylation is 2. The van der Waals surface area contributed by atoms with E-state index < -0.39 is 7.37 Å². The smallest absolute Gasteiger partial charge is 0.337 e. The fourth-order valence-electron chi connectivity index (χ4n) is 3.13. The molecule has 7 nitrogen and oxygen atoms in total. The number of pyridine rings is 1. The molecule has 0 unspecified atom stereocenters. The molecule has 4 aromatic rings. The molecule has 27 heavy (non-hydrogen) atoms. The van der Waals surface area contributed by atoms with E-state index in [1.165, 1.54) is 0 Å². The van der Waals surface area contributed by atoms with E-state index >= 15 is 0 Å². The maximum Gasteiger partial charge on any atom is 0.337 e. The van der Waals surface area contributed by atoms with Gasteiger partial charge in [-0.15, -0.1) is 5.10 Å². The van der Waals surface area contributed by atoms with Crippen molar-refractivity contribution in [1.29, 1.82) is 0 Å². The summed E-state index contributed by atoms with van der Waals surface area (Å²) in [5, 5.41) is 9.03. The van der Waals surface area contributed by atoms with Gasteiger partial charge in [0.15, 0.2) is 0 Å². The molecule has 0 radical (unpaired) electrons. The molecule has 0 fully saturated rings. The minimum Gasteiger partial charge on any atom is -0.456 e. The molecular formula is C19H15N4O3P. The van der Waals surface area contributed by atoms with E-state index in [4.69, 9.17) is 9.36 Å². The number of ether oxygens (including phenoxy) is 1. The number of nitrogens with zero attached hydrogens (tertiary/aromatic N) is 4. The number of hydrogen-bond donors (Lipinski definition) is 0. The standard InChI is InChI=1S/C19H15N4O3P/c1-12-5-7-15-17(10-12)27(24,18-11-13(2)6-8-16(18)25-15)26-23-19-14(21-22-23)4-3-9-20-19/h3-11H,1-2H3. The average Bonchev–Trinajstić information content (AvgIpc) is 3.06. The Labute approximate surface area is 155 Å². The van der Waals surface area contributed by atoms with Gasteiger partial charge in [-0.2, -0.15) is 0 Å². The highest BCUT2D eigenvalue weighted by atomic mass is 31.2. The van der Waals surface area contributed by atoms with Gasteiger partial charge in [0.25, 0.3) is 0 Å². The first kappa shape index (κ1) is 16.0. The second-order valence-electron chi connectivity index (χ2n) is 6.49. The lowest BCUT2D eigenvalue weighted by Crippen LogP contribution is -2.31. The molecule has 0 amide bonds. The molecular weight excluding hydrogens is 363 g/mol. The highest BCUT2D eigenvalue weighted by Crippen LogP contribution is 2.51. The highest BCUT2D eigenvalue weighted by molar-refractivity contribution is 7.75. The van der Waals surface area contributed by atoms with E-state index in [1.54, 1.807) is 30.5 Å². The van der Waals surface area contributed by atoms with E-state index in [1.807, 2.05) is 38.1 Å². The van der Waals surface area contributed by atoms with E-state index in [9.17, 15) is 4.57 Å². The van der Waals surface area contributed by atoms with Crippen LogP contribution in [0.15, 0.2) is 54.7 Å². The van der Waals surface area contributed by atoms with Gasteiger partial charge < -0.3 is 9.36 Å². The van der Waals surface area contributed by atoms with Gasteiger partial charge in [0.2, 0.25) is 5.65 Å². The number of hydrogen-bond acceptors (Lipinski definition) is 6. The van der Waals surface area contributed by atoms with Crippen LogP contribution in [-0.4, -0.2) is 20.1 Å². The Morgan fingerprint density at radius 3 is 2.33 bits per heavy atom. The van der Waals surface area contributed by atoms with Gasteiger partial charge in [-0.1, -0.05) is 17.0 Å². The summed E-state index contributed by atoms with van der Waals surface area (Å²) in [6.07, 6.45) is 1.61. The van der Waals surface area contributed by atoms with E-state index in [0.29, 0.717) is 33.3 Å². The third-order valence-corrected chi connectivity index (χ3v) is 6.81. The van der Waals surface area contributed by atoms with Crippen molar-refractivity contribution in [3.05, 3.63) is 65.9 Å². The van der Waals surface area contributed by atoms with Crippen LogP contribution >= 0.6 is 7.37 Å². The largest absolute Gasteiger partial charge is 0.456 e. The van der Waals surface area contributed by atoms with Crippen LogP contribution in [0.4, 0.5) is 0 Å². The summed E-state index contributed by atoms with van der Waals surface area (Å²) in [6, 6.07) is 14.6. The van der Waals surface area contributed by atoms with Gasteiger partial charge >= 0.3 is 7.37 Å². The Morgan fingerprint density at radius 1 is 1.00 bits per heavy atom. The Balaban J connectivity index is 1.75. The first-order valence-corrected chi connectivity index (χ1v) is 10.0. The van der Waals surface area contributed by atoms with E-state index in [2.05, 4.69) is 15.3 Å². The summed E-state index contributed by atoms with van der Waals surface area (Å²) < 4.78 is 26.3. The minimum atomic E-state index is -3.54. The predicted octanol–water partition coefficient (Wildman–Crippen LogP) is 2.91. The van der Waals surface area contributed by atoms with E-state index in [-0.39, 0.29) is 0 Å². The molecule has 2 aromatic carbocycles. The van der Waals surface area contributed by atoms with Crippen LogP contribution < -0.4 is 20.0 Å². The first-order valence-electron chi connectivity index (χ1n) is 8.41. The third kappa shape index (κ3) is 2.43. The Hall–Kier alpha value is -3.18. The fraction of sp³-hybridized carbons (Fsp3) is 0.105. The first-order chi connectivity index (χ1) is 13.0. The van der Waals surface area contributed by atoms with E-state index in [0.717, 1.165) is 16.0 Å². The van der Waals surface area contributed by atoms with Crippen LogP contribution in [0.3, 0.4) is 0 Å². The summed E-state index contributed by atoms with van der Waals surface area (Å²) >= 11 is 0. The molecule has 3 heterocycles. The molecule has 0 N–H and O–H groups in total. The number of benzene rings is 2. The van der Waals surface area contributed by atoms with Crippen LogP contribution in [0, 0.1) is 13.8 Å². The summed E-state index contributed by atoms with van der Waals surface area (Å²) in [5.74, 6) is 1.02. The Morgan fingerprint density at radius 2 is 1.67 bits per heavy atom. The number of fused-ring (bicyclic) bond motifs is 3. The molecule has 1 aliphatic rings. The molecule has 0 saturated carbocycles. The second kappa shape index (κ2) is 5.66. The van der Waals surface area contributed by atoms with Gasteiger partial charge in [-0.25, -0.2) is 4.98 Å². The minimum absolute atomic E-state index is 0.405. The molecule has 5 rings (SSSR count). The monoisotopic (exact) mass is 378 g/mol. The summed E-state index contributed by atoms with van der Waals surface area (Å²) in [6.45, 7) is 3.87. The molecule has 0 spiro atoms. The topological polar surface area (TPSA) is 79.1 Å². The lowest BCUT2D eigenvalue weighted by Gasteiger charge is -2.28. The molecule has 0 bridgehead atoms. The van der Waals surface area contributed by atoms with Gasteiger partial charge in [0.1, 0.15) is 17.0 Å². The van der Waals surface area contributed by atoms with Crippen molar-refractivity contribution in [2.24, 2.45) is 0 Å².